The van der Waals surface area contributed by atoms with Gasteiger partial charge < -0.3 is 9.47 Å². The van der Waals surface area contributed by atoms with Crippen LogP contribution >= 0.6 is 0 Å². The number of hydrogen-bond acceptors (Lipinski definition) is 3. The van der Waals surface area contributed by atoms with Crippen LogP contribution in [-0.4, -0.2) is 19.0 Å². The van der Waals surface area contributed by atoms with Gasteiger partial charge in [-0.3, -0.25) is 4.79 Å². The van der Waals surface area contributed by atoms with Crippen LogP contribution in [0.25, 0.3) is 0 Å². The predicted molar refractivity (Wildman–Crippen MR) is 65.8 cm³/mol. The number of hydrogen-bond donors (Lipinski definition) is 0. The average Bonchev–Trinajstić information content (AvgIpc) is 2.52. The molecule has 0 amide bonds. The van der Waals surface area contributed by atoms with Gasteiger partial charge in [0.1, 0.15) is 5.78 Å². The van der Waals surface area contributed by atoms with Gasteiger partial charge in [-0.2, -0.15) is 0 Å². The summed E-state index contributed by atoms with van der Waals surface area (Å²) in [5.41, 5.74) is 0.485. The van der Waals surface area contributed by atoms with Crippen LogP contribution in [-0.2, 0) is 10.2 Å². The molecule has 1 aromatic rings. The molecule has 3 nitrogen and oxygen atoms in total. The second-order valence-electron chi connectivity index (χ2n) is 4.89. The van der Waals surface area contributed by atoms with Crippen molar-refractivity contribution in [2.24, 2.45) is 0 Å². The summed E-state index contributed by atoms with van der Waals surface area (Å²) in [4.78, 5) is 11.6. The van der Waals surface area contributed by atoms with Crippen LogP contribution in [0.5, 0.6) is 11.5 Å². The first-order valence-electron chi connectivity index (χ1n) is 5.93. The second-order valence-corrected chi connectivity index (χ2v) is 4.89. The Morgan fingerprint density at radius 1 is 1.18 bits per heavy atom. The van der Waals surface area contributed by atoms with E-state index in [1.165, 1.54) is 0 Å². The van der Waals surface area contributed by atoms with E-state index in [4.69, 9.17) is 9.47 Å². The number of ketones is 1. The van der Waals surface area contributed by atoms with Crippen molar-refractivity contribution < 1.29 is 14.3 Å². The molecule has 2 rings (SSSR count). The molecule has 0 atom stereocenters. The average molecular weight is 234 g/mol. The summed E-state index contributed by atoms with van der Waals surface area (Å²) in [6, 6.07) is 5.75. The summed E-state index contributed by atoms with van der Waals surface area (Å²) in [6.07, 6.45) is 0.889. The molecule has 0 spiro atoms. The lowest BCUT2D eigenvalue weighted by molar-refractivity contribution is -0.121. The van der Waals surface area contributed by atoms with E-state index >= 15 is 0 Å². The van der Waals surface area contributed by atoms with Gasteiger partial charge in [0, 0.05) is 11.8 Å². The highest BCUT2D eigenvalue weighted by Gasteiger charge is 2.27. The largest absolute Gasteiger partial charge is 0.490 e. The molecule has 0 N–H and O–H groups in total. The standard InChI is InChI=1S/C14H18O3/c1-10(15)14(2,3)11-5-6-12-13(9-11)17-8-4-7-16-12/h5-6,9H,4,7-8H2,1-3H3. The van der Waals surface area contributed by atoms with Gasteiger partial charge in [0.05, 0.1) is 13.2 Å². The number of fused-ring (bicyclic) bond motifs is 1. The molecule has 17 heavy (non-hydrogen) atoms. The SMILES string of the molecule is CC(=O)C(C)(C)c1ccc2c(c1)OCCCO2. The molecule has 92 valence electrons. The van der Waals surface area contributed by atoms with Crippen LogP contribution in [0.15, 0.2) is 18.2 Å². The van der Waals surface area contributed by atoms with E-state index in [-0.39, 0.29) is 5.78 Å². The molecular formula is C14H18O3. The molecule has 3 heteroatoms. The van der Waals surface area contributed by atoms with Crippen molar-refractivity contribution in [3.8, 4) is 11.5 Å². The van der Waals surface area contributed by atoms with Gasteiger partial charge >= 0.3 is 0 Å². The summed E-state index contributed by atoms with van der Waals surface area (Å²) in [6.45, 7) is 6.81. The van der Waals surface area contributed by atoms with E-state index in [2.05, 4.69) is 0 Å². The lowest BCUT2D eigenvalue weighted by Gasteiger charge is -2.22. The van der Waals surface area contributed by atoms with Gasteiger partial charge in [0.15, 0.2) is 11.5 Å². The summed E-state index contributed by atoms with van der Waals surface area (Å²) in [5, 5.41) is 0. The normalized spacial score (nSPS) is 15.2. The van der Waals surface area contributed by atoms with Crippen molar-refractivity contribution in [3.05, 3.63) is 23.8 Å². The smallest absolute Gasteiger partial charge is 0.161 e. The lowest BCUT2D eigenvalue weighted by atomic mass is 9.81. The topological polar surface area (TPSA) is 35.5 Å². The summed E-state index contributed by atoms with van der Waals surface area (Å²) in [7, 11) is 0. The van der Waals surface area contributed by atoms with Gasteiger partial charge in [-0.25, -0.2) is 0 Å². The zero-order chi connectivity index (χ0) is 12.5. The number of Topliss-reactive ketones (excluding diaryl/α,β-unsaturated/α-hetero) is 1. The van der Waals surface area contributed by atoms with Crippen LogP contribution in [0.1, 0.15) is 32.8 Å². The maximum Gasteiger partial charge on any atom is 0.161 e. The van der Waals surface area contributed by atoms with Crippen molar-refractivity contribution in [1.29, 1.82) is 0 Å². The number of benzene rings is 1. The van der Waals surface area contributed by atoms with Crippen LogP contribution in [0.3, 0.4) is 0 Å². The van der Waals surface area contributed by atoms with Gasteiger partial charge in [-0.05, 0) is 38.5 Å². The molecule has 0 fully saturated rings. The van der Waals surface area contributed by atoms with E-state index in [1.54, 1.807) is 6.92 Å². The highest BCUT2D eigenvalue weighted by atomic mass is 16.5. The first kappa shape index (κ1) is 12.0. The second kappa shape index (κ2) is 4.40. The molecule has 0 bridgehead atoms. The maximum absolute atomic E-state index is 11.6. The molecule has 0 saturated heterocycles. The van der Waals surface area contributed by atoms with Gasteiger partial charge in [-0.15, -0.1) is 0 Å². The lowest BCUT2D eigenvalue weighted by Crippen LogP contribution is -2.26. The van der Waals surface area contributed by atoms with Crippen LogP contribution in [0, 0.1) is 0 Å². The fraction of sp³-hybridized carbons (Fsp3) is 0.500. The molecule has 0 aromatic heterocycles. The minimum atomic E-state index is -0.481. The van der Waals surface area contributed by atoms with E-state index < -0.39 is 5.41 Å². The molecule has 0 unspecified atom stereocenters. The Bertz CT molecular complexity index is 435. The van der Waals surface area contributed by atoms with Crippen molar-refractivity contribution in [2.75, 3.05) is 13.2 Å². The van der Waals surface area contributed by atoms with Crippen LogP contribution < -0.4 is 9.47 Å². The van der Waals surface area contributed by atoms with Crippen molar-refractivity contribution in [2.45, 2.75) is 32.6 Å². The molecule has 1 aromatic carbocycles. The van der Waals surface area contributed by atoms with Crippen LogP contribution in [0.2, 0.25) is 0 Å². The Labute approximate surface area is 102 Å². The van der Waals surface area contributed by atoms with Crippen molar-refractivity contribution in [3.63, 3.8) is 0 Å². The van der Waals surface area contributed by atoms with Crippen molar-refractivity contribution >= 4 is 5.78 Å². The number of carbonyl (C=O) groups is 1. The Morgan fingerprint density at radius 2 is 1.82 bits per heavy atom. The third-order valence-electron chi connectivity index (χ3n) is 3.35. The Kier molecular flexibility index (Phi) is 3.09. The zero-order valence-electron chi connectivity index (χ0n) is 10.6. The molecule has 1 heterocycles. The zero-order valence-corrected chi connectivity index (χ0v) is 10.6. The minimum Gasteiger partial charge on any atom is -0.490 e. The van der Waals surface area contributed by atoms with Gasteiger partial charge in [0.2, 0.25) is 0 Å². The molecule has 1 aliphatic heterocycles. The fourth-order valence-electron chi connectivity index (χ4n) is 1.76. The summed E-state index contributed by atoms with van der Waals surface area (Å²) in [5.74, 6) is 1.66. The molecular weight excluding hydrogens is 216 g/mol. The highest BCUT2D eigenvalue weighted by molar-refractivity contribution is 5.87. The van der Waals surface area contributed by atoms with E-state index in [9.17, 15) is 4.79 Å². The minimum absolute atomic E-state index is 0.145. The molecule has 0 saturated carbocycles. The summed E-state index contributed by atoms with van der Waals surface area (Å²) < 4.78 is 11.2. The molecule has 0 aliphatic carbocycles. The first-order valence-corrected chi connectivity index (χ1v) is 5.93. The molecule has 1 aliphatic rings. The number of rotatable bonds is 2. The first-order chi connectivity index (χ1) is 8.01. The highest BCUT2D eigenvalue weighted by Crippen LogP contribution is 2.35. The van der Waals surface area contributed by atoms with Crippen LogP contribution in [0.4, 0.5) is 0 Å². The van der Waals surface area contributed by atoms with Gasteiger partial charge in [0.25, 0.3) is 0 Å². The van der Waals surface area contributed by atoms with Crippen molar-refractivity contribution in [1.82, 2.24) is 0 Å². The Hall–Kier alpha value is -1.51. The monoisotopic (exact) mass is 234 g/mol. The maximum atomic E-state index is 11.6. The fourth-order valence-corrected chi connectivity index (χ4v) is 1.76. The number of carbonyl (C=O) groups excluding carboxylic acids is 1. The third kappa shape index (κ3) is 2.28. The third-order valence-corrected chi connectivity index (χ3v) is 3.35. The van der Waals surface area contributed by atoms with E-state index in [0.717, 1.165) is 23.5 Å². The Morgan fingerprint density at radius 3 is 2.47 bits per heavy atom. The predicted octanol–water partition coefficient (Wildman–Crippen LogP) is 2.71. The van der Waals surface area contributed by atoms with Gasteiger partial charge in [-0.1, -0.05) is 6.07 Å². The Balaban J connectivity index is 2.39. The number of ether oxygens (including phenoxy) is 2. The summed E-state index contributed by atoms with van der Waals surface area (Å²) >= 11 is 0. The molecule has 0 radical (unpaired) electrons. The van der Waals surface area contributed by atoms with E-state index in [1.807, 2.05) is 32.0 Å². The van der Waals surface area contributed by atoms with E-state index in [0.29, 0.717) is 13.2 Å². The quantitative estimate of drug-likeness (QED) is 0.789.